The first kappa shape index (κ1) is 8.60. The fourth-order valence-electron chi connectivity index (χ4n) is 2.18. The Bertz CT molecular complexity index is 321. The summed E-state index contributed by atoms with van der Waals surface area (Å²) in [4.78, 5) is 0. The molecule has 1 aliphatic carbocycles. The zero-order chi connectivity index (χ0) is 9.59. The quantitative estimate of drug-likeness (QED) is 0.714. The second-order valence-corrected chi connectivity index (χ2v) is 4.29. The summed E-state index contributed by atoms with van der Waals surface area (Å²) in [5, 5.41) is 4.46. The van der Waals surface area contributed by atoms with Crippen LogP contribution in [0.5, 0.6) is 0 Å². The average Bonchev–Trinajstić information content (AvgIpc) is 2.27. The van der Waals surface area contributed by atoms with E-state index in [4.69, 9.17) is 5.73 Å². The van der Waals surface area contributed by atoms with Gasteiger partial charge in [0.2, 0.25) is 0 Å². The van der Waals surface area contributed by atoms with Crippen molar-refractivity contribution in [1.29, 1.82) is 0 Å². The molecule has 0 radical (unpaired) electrons. The number of rotatable bonds is 1. The fraction of sp³-hybridized carbons (Fsp3) is 0.700. The van der Waals surface area contributed by atoms with E-state index in [9.17, 15) is 0 Å². The largest absolute Gasteiger partial charge is 0.384 e. The van der Waals surface area contributed by atoms with Gasteiger partial charge < -0.3 is 5.73 Å². The van der Waals surface area contributed by atoms with E-state index >= 15 is 0 Å². The Labute approximate surface area is 78.9 Å². The topological polar surface area (TPSA) is 43.8 Å². The van der Waals surface area contributed by atoms with E-state index in [-0.39, 0.29) is 0 Å². The van der Waals surface area contributed by atoms with Crippen LogP contribution >= 0.6 is 0 Å². The van der Waals surface area contributed by atoms with E-state index in [0.29, 0.717) is 5.92 Å². The van der Waals surface area contributed by atoms with Gasteiger partial charge in [0, 0.05) is 18.5 Å². The standard InChI is InChI=1S/C10H17N3/c1-6-4-8(5-6)9-7(2)10(11)13(3)12-9/h6,8H,4-5,11H2,1-3H3. The second-order valence-electron chi connectivity index (χ2n) is 4.29. The zero-order valence-electron chi connectivity index (χ0n) is 8.54. The van der Waals surface area contributed by atoms with Gasteiger partial charge in [-0.05, 0) is 25.7 Å². The maximum absolute atomic E-state index is 5.85. The van der Waals surface area contributed by atoms with Crippen LogP contribution in [0.1, 0.15) is 36.9 Å². The molecule has 2 rings (SSSR count). The number of hydrogen-bond acceptors (Lipinski definition) is 2. The number of hydrogen-bond donors (Lipinski definition) is 1. The van der Waals surface area contributed by atoms with Crippen LogP contribution in [-0.4, -0.2) is 9.78 Å². The van der Waals surface area contributed by atoms with Crippen molar-refractivity contribution in [2.24, 2.45) is 13.0 Å². The fourth-order valence-corrected chi connectivity index (χ4v) is 2.18. The van der Waals surface area contributed by atoms with E-state index in [1.807, 2.05) is 7.05 Å². The van der Waals surface area contributed by atoms with E-state index in [0.717, 1.165) is 11.7 Å². The molecule has 3 heteroatoms. The van der Waals surface area contributed by atoms with Gasteiger partial charge in [0.05, 0.1) is 5.69 Å². The van der Waals surface area contributed by atoms with Crippen LogP contribution < -0.4 is 5.73 Å². The normalized spacial score (nSPS) is 27.3. The van der Waals surface area contributed by atoms with Crippen LogP contribution in [0, 0.1) is 12.8 Å². The zero-order valence-corrected chi connectivity index (χ0v) is 8.54. The van der Waals surface area contributed by atoms with Crippen molar-refractivity contribution < 1.29 is 0 Å². The van der Waals surface area contributed by atoms with E-state index in [1.165, 1.54) is 24.1 Å². The number of nitrogen functional groups attached to an aromatic ring is 1. The van der Waals surface area contributed by atoms with E-state index < -0.39 is 0 Å². The van der Waals surface area contributed by atoms with Crippen LogP contribution in [0.15, 0.2) is 0 Å². The lowest BCUT2D eigenvalue weighted by molar-refractivity contribution is 0.281. The average molecular weight is 179 g/mol. The van der Waals surface area contributed by atoms with E-state index in [2.05, 4.69) is 18.9 Å². The third-order valence-corrected chi connectivity index (χ3v) is 3.14. The molecule has 0 aromatic carbocycles. The first-order valence-corrected chi connectivity index (χ1v) is 4.88. The van der Waals surface area contributed by atoms with Gasteiger partial charge in [-0.3, -0.25) is 4.68 Å². The Kier molecular flexibility index (Phi) is 1.82. The third kappa shape index (κ3) is 1.23. The number of nitrogens with zero attached hydrogens (tertiary/aromatic N) is 2. The highest BCUT2D eigenvalue weighted by Crippen LogP contribution is 2.42. The van der Waals surface area contributed by atoms with Gasteiger partial charge >= 0.3 is 0 Å². The van der Waals surface area contributed by atoms with Gasteiger partial charge in [0.25, 0.3) is 0 Å². The minimum absolute atomic E-state index is 0.665. The molecule has 3 nitrogen and oxygen atoms in total. The molecule has 0 spiro atoms. The summed E-state index contributed by atoms with van der Waals surface area (Å²) in [6.45, 7) is 4.36. The van der Waals surface area contributed by atoms with Crippen LogP contribution in [0.3, 0.4) is 0 Å². The van der Waals surface area contributed by atoms with Crippen LogP contribution in [0.4, 0.5) is 5.82 Å². The Hall–Kier alpha value is -0.990. The summed E-state index contributed by atoms with van der Waals surface area (Å²) >= 11 is 0. The molecule has 0 amide bonds. The molecule has 0 bridgehead atoms. The first-order valence-electron chi connectivity index (χ1n) is 4.88. The van der Waals surface area contributed by atoms with Gasteiger partial charge in [-0.15, -0.1) is 0 Å². The molecule has 1 heterocycles. The molecule has 0 unspecified atom stereocenters. The van der Waals surface area contributed by atoms with Gasteiger partial charge in [0.1, 0.15) is 5.82 Å². The highest BCUT2D eigenvalue weighted by molar-refractivity contribution is 5.43. The van der Waals surface area contributed by atoms with Crippen molar-refractivity contribution in [2.45, 2.75) is 32.6 Å². The van der Waals surface area contributed by atoms with Crippen molar-refractivity contribution in [2.75, 3.05) is 5.73 Å². The molecule has 1 fully saturated rings. The second kappa shape index (κ2) is 2.76. The maximum Gasteiger partial charge on any atom is 0.124 e. The molecule has 1 saturated carbocycles. The van der Waals surface area contributed by atoms with Gasteiger partial charge in [0.15, 0.2) is 0 Å². The minimum atomic E-state index is 0.665. The lowest BCUT2D eigenvalue weighted by Gasteiger charge is -2.31. The number of aromatic nitrogens is 2. The molecule has 0 aliphatic heterocycles. The number of anilines is 1. The lowest BCUT2D eigenvalue weighted by atomic mass is 9.74. The number of aryl methyl sites for hydroxylation is 1. The van der Waals surface area contributed by atoms with Crippen molar-refractivity contribution in [3.8, 4) is 0 Å². The predicted octanol–water partition coefficient (Wildman–Crippen LogP) is 1.82. The maximum atomic E-state index is 5.85. The van der Waals surface area contributed by atoms with Crippen molar-refractivity contribution in [3.05, 3.63) is 11.3 Å². The smallest absolute Gasteiger partial charge is 0.124 e. The van der Waals surface area contributed by atoms with Crippen molar-refractivity contribution in [1.82, 2.24) is 9.78 Å². The molecule has 1 aromatic rings. The van der Waals surface area contributed by atoms with Crippen molar-refractivity contribution >= 4 is 5.82 Å². The van der Waals surface area contributed by atoms with Crippen LogP contribution in [0.25, 0.3) is 0 Å². The summed E-state index contributed by atoms with van der Waals surface area (Å²) < 4.78 is 1.79. The predicted molar refractivity (Wildman–Crippen MR) is 53.5 cm³/mol. The molecular weight excluding hydrogens is 162 g/mol. The highest BCUT2D eigenvalue weighted by atomic mass is 15.3. The molecule has 0 saturated heterocycles. The van der Waals surface area contributed by atoms with Crippen LogP contribution in [0.2, 0.25) is 0 Å². The van der Waals surface area contributed by atoms with Gasteiger partial charge in [-0.25, -0.2) is 0 Å². The minimum Gasteiger partial charge on any atom is -0.384 e. The molecule has 0 atom stereocenters. The molecule has 1 aliphatic rings. The molecule has 1 aromatic heterocycles. The molecular formula is C10H17N3. The lowest BCUT2D eigenvalue weighted by Crippen LogP contribution is -2.20. The monoisotopic (exact) mass is 179 g/mol. The molecule has 2 N–H and O–H groups in total. The Balaban J connectivity index is 2.26. The summed E-state index contributed by atoms with van der Waals surface area (Å²) in [5.41, 5.74) is 8.25. The summed E-state index contributed by atoms with van der Waals surface area (Å²) in [6.07, 6.45) is 2.55. The summed E-state index contributed by atoms with van der Waals surface area (Å²) in [6, 6.07) is 0. The van der Waals surface area contributed by atoms with Gasteiger partial charge in [-0.1, -0.05) is 6.92 Å². The molecule has 13 heavy (non-hydrogen) atoms. The third-order valence-electron chi connectivity index (χ3n) is 3.14. The summed E-state index contributed by atoms with van der Waals surface area (Å²) in [5.74, 6) is 2.35. The Morgan fingerprint density at radius 2 is 2.08 bits per heavy atom. The SMILES string of the molecule is Cc1c(C2CC(C)C2)nn(C)c1N. The highest BCUT2D eigenvalue weighted by Gasteiger charge is 2.30. The van der Waals surface area contributed by atoms with E-state index in [1.54, 1.807) is 4.68 Å². The molecule has 72 valence electrons. The summed E-state index contributed by atoms with van der Waals surface area (Å²) in [7, 11) is 1.91. The Morgan fingerprint density at radius 1 is 1.46 bits per heavy atom. The number of nitrogens with two attached hydrogens (primary N) is 1. The first-order chi connectivity index (χ1) is 6.09. The van der Waals surface area contributed by atoms with Gasteiger partial charge in [-0.2, -0.15) is 5.10 Å². The van der Waals surface area contributed by atoms with Crippen LogP contribution in [-0.2, 0) is 7.05 Å². The van der Waals surface area contributed by atoms with Crippen molar-refractivity contribution in [3.63, 3.8) is 0 Å². The Morgan fingerprint density at radius 3 is 2.46 bits per heavy atom.